The second-order valence-corrected chi connectivity index (χ2v) is 8.68. The van der Waals surface area contributed by atoms with Crippen LogP contribution in [-0.4, -0.2) is 36.9 Å². The van der Waals surface area contributed by atoms with Crippen molar-refractivity contribution in [1.29, 1.82) is 0 Å². The van der Waals surface area contributed by atoms with E-state index in [9.17, 15) is 13.2 Å². The molecule has 1 aliphatic rings. The van der Waals surface area contributed by atoms with Crippen LogP contribution in [0.5, 0.6) is 0 Å². The Balaban J connectivity index is 1.71. The minimum atomic E-state index is -3.02. The van der Waals surface area contributed by atoms with Crippen molar-refractivity contribution in [2.75, 3.05) is 16.8 Å². The highest BCUT2D eigenvalue weighted by molar-refractivity contribution is 7.91. The molecule has 0 bridgehead atoms. The van der Waals surface area contributed by atoms with E-state index in [2.05, 4.69) is 21.7 Å². The zero-order valence-corrected chi connectivity index (χ0v) is 15.1. The topological polar surface area (TPSA) is 88.2 Å². The fraction of sp³-hybridized carbons (Fsp3) is 0.333. The van der Waals surface area contributed by atoms with E-state index in [0.717, 1.165) is 11.3 Å². The molecule has 1 aromatic heterocycles. The predicted octanol–water partition coefficient (Wildman–Crippen LogP) is 2.36. The summed E-state index contributed by atoms with van der Waals surface area (Å²) < 4.78 is 23.0. The molecule has 2 N–H and O–H groups in total. The summed E-state index contributed by atoms with van der Waals surface area (Å²) in [7, 11) is -3.02. The van der Waals surface area contributed by atoms with Crippen LogP contribution in [0.4, 0.5) is 11.5 Å². The summed E-state index contributed by atoms with van der Waals surface area (Å²) in [6.07, 6.45) is 2.03. The van der Waals surface area contributed by atoms with Gasteiger partial charge < -0.3 is 10.6 Å². The maximum atomic E-state index is 12.4. The van der Waals surface area contributed by atoms with Crippen molar-refractivity contribution in [2.45, 2.75) is 26.3 Å². The monoisotopic (exact) mass is 359 g/mol. The lowest BCUT2D eigenvalue weighted by molar-refractivity contribution is 0.0941. The number of anilines is 2. The summed E-state index contributed by atoms with van der Waals surface area (Å²) in [5.41, 5.74) is 3.65. The number of sulfone groups is 1. The lowest BCUT2D eigenvalue weighted by Gasteiger charge is -2.13. The van der Waals surface area contributed by atoms with Gasteiger partial charge in [-0.05, 0) is 44.0 Å². The third kappa shape index (κ3) is 4.36. The van der Waals surface area contributed by atoms with Crippen molar-refractivity contribution >= 4 is 27.2 Å². The van der Waals surface area contributed by atoms with Crippen molar-refractivity contribution < 1.29 is 13.2 Å². The minimum absolute atomic E-state index is 0.0114. The first-order valence-electron chi connectivity index (χ1n) is 8.14. The Hall–Kier alpha value is -2.41. The number of rotatable bonds is 4. The number of nitrogens with one attached hydrogen (secondary N) is 2. The zero-order chi connectivity index (χ0) is 18.0. The third-order valence-electron chi connectivity index (χ3n) is 4.23. The molecule has 1 atom stereocenters. The maximum Gasteiger partial charge on any atom is 0.251 e. The molecule has 1 aromatic carbocycles. The van der Waals surface area contributed by atoms with Gasteiger partial charge in [0.25, 0.3) is 5.91 Å². The average molecular weight is 359 g/mol. The van der Waals surface area contributed by atoms with Crippen molar-refractivity contribution in [2.24, 2.45) is 0 Å². The summed E-state index contributed by atoms with van der Waals surface area (Å²) in [6, 6.07) is 9.01. The average Bonchev–Trinajstić information content (AvgIpc) is 2.89. The molecule has 0 aliphatic carbocycles. The van der Waals surface area contributed by atoms with Gasteiger partial charge in [-0.3, -0.25) is 4.79 Å². The molecular weight excluding hydrogens is 338 g/mol. The van der Waals surface area contributed by atoms with E-state index >= 15 is 0 Å². The number of carbonyl (C=O) groups excluding carboxylic acids is 1. The van der Waals surface area contributed by atoms with Crippen molar-refractivity contribution in [3.63, 3.8) is 0 Å². The van der Waals surface area contributed by atoms with E-state index in [1.807, 2.05) is 26.0 Å². The molecule has 1 aliphatic heterocycles. The normalized spacial score (nSPS) is 18.7. The number of benzene rings is 1. The number of carbonyl (C=O) groups is 1. The third-order valence-corrected chi connectivity index (χ3v) is 6.00. The Labute approximate surface area is 147 Å². The molecule has 0 radical (unpaired) electrons. The first-order chi connectivity index (χ1) is 11.8. The molecule has 1 saturated heterocycles. The number of aromatic nitrogens is 1. The van der Waals surface area contributed by atoms with E-state index in [4.69, 9.17) is 0 Å². The molecule has 1 amide bonds. The largest absolute Gasteiger partial charge is 0.348 e. The second-order valence-electron chi connectivity index (χ2n) is 6.45. The highest BCUT2D eigenvalue weighted by Crippen LogP contribution is 2.21. The van der Waals surface area contributed by atoms with E-state index in [-0.39, 0.29) is 23.5 Å². The van der Waals surface area contributed by atoms with Gasteiger partial charge in [0.05, 0.1) is 11.5 Å². The first-order valence-corrected chi connectivity index (χ1v) is 9.96. The van der Waals surface area contributed by atoms with Crippen LogP contribution in [-0.2, 0) is 9.84 Å². The van der Waals surface area contributed by atoms with Crippen LogP contribution in [0.25, 0.3) is 0 Å². The van der Waals surface area contributed by atoms with Crippen LogP contribution in [0.2, 0.25) is 0 Å². The SMILES string of the molecule is Cc1ccc(Nc2cc(C(=O)NC3CCS(=O)(=O)C3)ccn2)c(C)c1. The molecule has 132 valence electrons. The van der Waals surface area contributed by atoms with Gasteiger partial charge in [0.1, 0.15) is 5.82 Å². The summed E-state index contributed by atoms with van der Waals surface area (Å²) in [5.74, 6) is 0.428. The highest BCUT2D eigenvalue weighted by Gasteiger charge is 2.29. The van der Waals surface area contributed by atoms with Crippen LogP contribution in [0.15, 0.2) is 36.5 Å². The molecule has 7 heteroatoms. The lowest BCUT2D eigenvalue weighted by atomic mass is 10.1. The van der Waals surface area contributed by atoms with Gasteiger partial charge in [-0.15, -0.1) is 0 Å². The van der Waals surface area contributed by atoms with Crippen LogP contribution in [0.1, 0.15) is 27.9 Å². The predicted molar refractivity (Wildman–Crippen MR) is 98.0 cm³/mol. The molecule has 1 unspecified atom stereocenters. The Morgan fingerprint density at radius 3 is 2.68 bits per heavy atom. The molecule has 25 heavy (non-hydrogen) atoms. The maximum absolute atomic E-state index is 12.4. The molecule has 1 fully saturated rings. The Morgan fingerprint density at radius 2 is 2.00 bits per heavy atom. The van der Waals surface area contributed by atoms with Crippen LogP contribution in [0.3, 0.4) is 0 Å². The Morgan fingerprint density at radius 1 is 1.20 bits per heavy atom. The van der Waals surface area contributed by atoms with Crippen molar-refractivity contribution in [3.8, 4) is 0 Å². The van der Waals surface area contributed by atoms with Crippen LogP contribution < -0.4 is 10.6 Å². The molecule has 0 spiro atoms. The zero-order valence-electron chi connectivity index (χ0n) is 14.2. The van der Waals surface area contributed by atoms with Gasteiger partial charge >= 0.3 is 0 Å². The van der Waals surface area contributed by atoms with Gasteiger partial charge in [0.2, 0.25) is 0 Å². The van der Waals surface area contributed by atoms with Crippen molar-refractivity contribution in [1.82, 2.24) is 10.3 Å². The van der Waals surface area contributed by atoms with Gasteiger partial charge in [-0.25, -0.2) is 13.4 Å². The minimum Gasteiger partial charge on any atom is -0.348 e. The number of hydrogen-bond donors (Lipinski definition) is 2. The number of hydrogen-bond acceptors (Lipinski definition) is 5. The van der Waals surface area contributed by atoms with Gasteiger partial charge in [0, 0.05) is 23.5 Å². The standard InChI is InChI=1S/C18H21N3O3S/c1-12-3-4-16(13(2)9-12)21-17-10-14(5-7-19-17)18(22)20-15-6-8-25(23,24)11-15/h3-5,7,9-10,15H,6,8,11H2,1-2H3,(H,19,21)(H,20,22). The van der Waals surface area contributed by atoms with Crippen LogP contribution >= 0.6 is 0 Å². The summed E-state index contributed by atoms with van der Waals surface area (Å²) in [4.78, 5) is 16.6. The fourth-order valence-corrected chi connectivity index (χ4v) is 4.58. The number of nitrogens with zero attached hydrogens (tertiary/aromatic N) is 1. The second kappa shape index (κ2) is 6.84. The van der Waals surface area contributed by atoms with E-state index in [0.29, 0.717) is 17.8 Å². The highest BCUT2D eigenvalue weighted by atomic mass is 32.2. The molecule has 2 aromatic rings. The van der Waals surface area contributed by atoms with Crippen LogP contribution in [0, 0.1) is 13.8 Å². The quantitative estimate of drug-likeness (QED) is 0.875. The van der Waals surface area contributed by atoms with Crippen molar-refractivity contribution in [3.05, 3.63) is 53.2 Å². The molecule has 3 rings (SSSR count). The Kier molecular flexibility index (Phi) is 4.76. The van der Waals surface area contributed by atoms with E-state index in [1.54, 1.807) is 18.3 Å². The van der Waals surface area contributed by atoms with Gasteiger partial charge in [-0.2, -0.15) is 0 Å². The number of amides is 1. The first kappa shape index (κ1) is 17.4. The lowest BCUT2D eigenvalue weighted by Crippen LogP contribution is -2.35. The van der Waals surface area contributed by atoms with Gasteiger partial charge in [-0.1, -0.05) is 17.7 Å². The van der Waals surface area contributed by atoms with E-state index in [1.165, 1.54) is 5.56 Å². The van der Waals surface area contributed by atoms with Gasteiger partial charge in [0.15, 0.2) is 9.84 Å². The Bertz CT molecular complexity index is 910. The van der Waals surface area contributed by atoms with E-state index < -0.39 is 9.84 Å². The fourth-order valence-electron chi connectivity index (χ4n) is 2.91. The smallest absolute Gasteiger partial charge is 0.251 e. The molecule has 2 heterocycles. The number of pyridine rings is 1. The summed E-state index contributed by atoms with van der Waals surface area (Å²) >= 11 is 0. The summed E-state index contributed by atoms with van der Waals surface area (Å²) in [5, 5.41) is 6.00. The molecular formula is C18H21N3O3S. The summed E-state index contributed by atoms with van der Waals surface area (Å²) in [6.45, 7) is 4.04. The molecule has 6 nitrogen and oxygen atoms in total. The molecule has 0 saturated carbocycles. The number of aryl methyl sites for hydroxylation is 2.